The highest BCUT2D eigenvalue weighted by molar-refractivity contribution is 6.37. The Labute approximate surface area is 184 Å². The van der Waals surface area contributed by atoms with Crippen molar-refractivity contribution < 1.29 is 22.7 Å². The van der Waals surface area contributed by atoms with Gasteiger partial charge in [0.15, 0.2) is 5.75 Å². The molecule has 2 aromatic carbocycles. The van der Waals surface area contributed by atoms with Crippen LogP contribution < -0.4 is 10.1 Å². The van der Waals surface area contributed by atoms with E-state index in [0.717, 1.165) is 4.68 Å². The van der Waals surface area contributed by atoms with Crippen LogP contribution in [-0.4, -0.2) is 22.4 Å². The molecule has 0 saturated carbocycles. The number of ether oxygens (including phenoxy) is 1. The molecule has 158 valence electrons. The molecule has 3 rings (SSSR count). The van der Waals surface area contributed by atoms with E-state index in [1.165, 1.54) is 6.07 Å². The van der Waals surface area contributed by atoms with Crippen LogP contribution in [0.25, 0.3) is 11.3 Å². The first-order chi connectivity index (χ1) is 14.1. The van der Waals surface area contributed by atoms with Gasteiger partial charge >= 0.3 is 12.2 Å². The second kappa shape index (κ2) is 8.75. The summed E-state index contributed by atoms with van der Waals surface area (Å²) >= 11 is 17.8. The van der Waals surface area contributed by atoms with Crippen LogP contribution in [-0.2, 0) is 6.18 Å². The maximum atomic E-state index is 12.9. The number of hydrogen-bond acceptors (Lipinski definition) is 3. The monoisotopic (exact) mass is 477 g/mol. The molecule has 0 saturated heterocycles. The van der Waals surface area contributed by atoms with Crippen LogP contribution in [0, 0.1) is 0 Å². The van der Waals surface area contributed by atoms with Crippen molar-refractivity contribution in [2.75, 3.05) is 6.54 Å². The first-order valence-corrected chi connectivity index (χ1v) is 9.62. The predicted molar refractivity (Wildman–Crippen MR) is 109 cm³/mol. The number of nitrogens with zero attached hydrogens (tertiary/aromatic N) is 2. The Morgan fingerprint density at radius 1 is 1.10 bits per heavy atom. The minimum absolute atomic E-state index is 0.0882. The maximum absolute atomic E-state index is 12.9. The minimum atomic E-state index is -4.62. The van der Waals surface area contributed by atoms with Crippen molar-refractivity contribution in [3.8, 4) is 22.9 Å². The molecule has 30 heavy (non-hydrogen) atoms. The van der Waals surface area contributed by atoms with E-state index in [4.69, 9.17) is 39.5 Å². The van der Waals surface area contributed by atoms with Crippen LogP contribution in [0.5, 0.6) is 11.6 Å². The highest BCUT2D eigenvalue weighted by atomic mass is 35.5. The highest BCUT2D eigenvalue weighted by Gasteiger charge is 2.32. The molecule has 5 nitrogen and oxygen atoms in total. The SMILES string of the molecule is CCNC(=O)n1nc(Oc2c(Cl)cc(C(F)(F)F)cc2Cl)cc1-c1ccc(Cl)cc1. The molecule has 1 heterocycles. The van der Waals surface area contributed by atoms with Gasteiger partial charge in [-0.2, -0.15) is 17.9 Å². The zero-order valence-corrected chi connectivity index (χ0v) is 17.5. The molecule has 0 aliphatic heterocycles. The van der Waals surface area contributed by atoms with Gasteiger partial charge in [-0.25, -0.2) is 4.79 Å². The van der Waals surface area contributed by atoms with E-state index in [0.29, 0.717) is 35.0 Å². The number of alkyl halides is 3. The molecule has 1 aromatic heterocycles. The van der Waals surface area contributed by atoms with Gasteiger partial charge in [0.1, 0.15) is 0 Å². The summed E-state index contributed by atoms with van der Waals surface area (Å²) in [4.78, 5) is 12.4. The van der Waals surface area contributed by atoms with Gasteiger partial charge in [-0.3, -0.25) is 0 Å². The number of carbonyl (C=O) groups excluding carboxylic acids is 1. The van der Waals surface area contributed by atoms with E-state index in [1.807, 2.05) is 0 Å². The van der Waals surface area contributed by atoms with Crippen molar-refractivity contribution in [3.63, 3.8) is 0 Å². The Kier molecular flexibility index (Phi) is 6.50. The highest BCUT2D eigenvalue weighted by Crippen LogP contribution is 2.42. The number of hydrogen-bond donors (Lipinski definition) is 1. The van der Waals surface area contributed by atoms with Crippen LogP contribution in [0.1, 0.15) is 12.5 Å². The second-order valence-electron chi connectivity index (χ2n) is 5.99. The summed E-state index contributed by atoms with van der Waals surface area (Å²) in [7, 11) is 0. The predicted octanol–water partition coefficient (Wildman–Crippen LogP) is 6.90. The lowest BCUT2D eigenvalue weighted by molar-refractivity contribution is -0.137. The largest absolute Gasteiger partial charge is 0.434 e. The van der Waals surface area contributed by atoms with Crippen LogP contribution in [0.4, 0.5) is 18.0 Å². The molecule has 3 aromatic rings. The molecule has 0 radical (unpaired) electrons. The first kappa shape index (κ1) is 22.3. The van der Waals surface area contributed by atoms with E-state index in [2.05, 4.69) is 10.4 Å². The molecule has 0 unspecified atom stereocenters. The van der Waals surface area contributed by atoms with E-state index in [1.54, 1.807) is 31.2 Å². The van der Waals surface area contributed by atoms with E-state index < -0.39 is 17.8 Å². The van der Waals surface area contributed by atoms with Gasteiger partial charge in [0, 0.05) is 23.2 Å². The summed E-state index contributed by atoms with van der Waals surface area (Å²) in [5.74, 6) is -0.302. The van der Waals surface area contributed by atoms with Gasteiger partial charge in [0.2, 0.25) is 5.88 Å². The summed E-state index contributed by atoms with van der Waals surface area (Å²) in [6, 6.07) is 8.93. The van der Waals surface area contributed by atoms with Crippen molar-refractivity contribution in [1.82, 2.24) is 15.1 Å². The van der Waals surface area contributed by atoms with E-state index >= 15 is 0 Å². The second-order valence-corrected chi connectivity index (χ2v) is 7.24. The third kappa shape index (κ3) is 4.83. The molecule has 0 spiro atoms. The Bertz CT molecular complexity index is 1060. The lowest BCUT2D eigenvalue weighted by atomic mass is 10.1. The number of nitrogens with one attached hydrogen (secondary N) is 1. The summed E-state index contributed by atoms with van der Waals surface area (Å²) < 4.78 is 45.3. The van der Waals surface area contributed by atoms with Gasteiger partial charge in [-0.1, -0.05) is 46.9 Å². The van der Waals surface area contributed by atoms with E-state index in [9.17, 15) is 18.0 Å². The van der Waals surface area contributed by atoms with Gasteiger partial charge in [0.25, 0.3) is 0 Å². The summed E-state index contributed by atoms with van der Waals surface area (Å²) in [6.45, 7) is 2.09. The molecular weight excluding hydrogens is 466 g/mol. The number of halogens is 6. The Hall–Kier alpha value is -2.42. The van der Waals surface area contributed by atoms with Gasteiger partial charge < -0.3 is 10.1 Å². The number of carbonyl (C=O) groups is 1. The van der Waals surface area contributed by atoms with Crippen LogP contribution in [0.15, 0.2) is 42.5 Å². The van der Waals surface area contributed by atoms with Crippen molar-refractivity contribution in [3.05, 3.63) is 63.1 Å². The molecule has 0 atom stereocenters. The van der Waals surface area contributed by atoms with Crippen molar-refractivity contribution in [1.29, 1.82) is 0 Å². The summed E-state index contributed by atoms with van der Waals surface area (Å²) in [6.07, 6.45) is -4.62. The zero-order valence-electron chi connectivity index (χ0n) is 15.2. The lowest BCUT2D eigenvalue weighted by Crippen LogP contribution is -2.29. The fraction of sp³-hybridized carbons (Fsp3) is 0.158. The average molecular weight is 479 g/mol. The first-order valence-electron chi connectivity index (χ1n) is 8.48. The van der Waals surface area contributed by atoms with Gasteiger partial charge in [-0.05, 0) is 31.2 Å². The Morgan fingerprint density at radius 2 is 1.70 bits per heavy atom. The quantitative estimate of drug-likeness (QED) is 0.444. The molecular formula is C19H13Cl3F3N3O2. The zero-order chi connectivity index (χ0) is 22.1. The normalized spacial score (nSPS) is 11.4. The van der Waals surface area contributed by atoms with Crippen LogP contribution >= 0.6 is 34.8 Å². The minimum Gasteiger partial charge on any atom is -0.434 e. The third-order valence-electron chi connectivity index (χ3n) is 3.88. The number of amides is 1. The molecule has 0 bridgehead atoms. The van der Waals surface area contributed by atoms with Crippen LogP contribution in [0.3, 0.4) is 0 Å². The summed E-state index contributed by atoms with van der Waals surface area (Å²) in [5.41, 5.74) is -0.0380. The molecule has 0 aliphatic carbocycles. The van der Waals surface area contributed by atoms with Crippen LogP contribution in [0.2, 0.25) is 15.1 Å². The Balaban J connectivity index is 2.02. The number of aromatic nitrogens is 2. The number of rotatable bonds is 4. The fourth-order valence-electron chi connectivity index (χ4n) is 2.54. The standard InChI is InChI=1S/C19H13Cl3F3N3O2/c1-2-26-18(29)28-15(10-3-5-12(20)6-4-10)9-16(27-28)30-17-13(21)7-11(8-14(17)22)19(23,24)25/h3-9H,2H2,1H3,(H,26,29). The Morgan fingerprint density at radius 3 is 2.23 bits per heavy atom. The molecule has 0 aliphatic rings. The smallest absolute Gasteiger partial charge is 0.416 e. The van der Waals surface area contributed by atoms with E-state index in [-0.39, 0.29) is 21.7 Å². The van der Waals surface area contributed by atoms with Gasteiger partial charge in [-0.15, -0.1) is 5.10 Å². The average Bonchev–Trinajstić information content (AvgIpc) is 3.08. The van der Waals surface area contributed by atoms with Crippen molar-refractivity contribution in [2.45, 2.75) is 13.1 Å². The van der Waals surface area contributed by atoms with Gasteiger partial charge in [0.05, 0.1) is 21.3 Å². The summed E-state index contributed by atoms with van der Waals surface area (Å²) in [5, 5.41) is 6.50. The number of benzene rings is 2. The molecule has 1 N–H and O–H groups in total. The molecule has 1 amide bonds. The molecule has 11 heteroatoms. The topological polar surface area (TPSA) is 56.2 Å². The fourth-order valence-corrected chi connectivity index (χ4v) is 3.23. The molecule has 0 fully saturated rings. The van der Waals surface area contributed by atoms with Crippen molar-refractivity contribution >= 4 is 40.8 Å². The van der Waals surface area contributed by atoms with Crippen molar-refractivity contribution in [2.24, 2.45) is 0 Å². The maximum Gasteiger partial charge on any atom is 0.416 e. The lowest BCUT2D eigenvalue weighted by Gasteiger charge is -2.11. The third-order valence-corrected chi connectivity index (χ3v) is 4.69.